The molecule has 4 nitrogen and oxygen atoms in total. The lowest BCUT2D eigenvalue weighted by molar-refractivity contribution is -0.122. The van der Waals surface area contributed by atoms with Crippen LogP contribution in [0.3, 0.4) is 0 Å². The minimum Gasteiger partial charge on any atom is -0.356 e. The summed E-state index contributed by atoms with van der Waals surface area (Å²) in [4.78, 5) is 16.6. The molecule has 134 valence electrons. The number of aryl methyl sites for hydroxylation is 1. The molecule has 0 unspecified atom stereocenters. The van der Waals surface area contributed by atoms with Gasteiger partial charge in [0.2, 0.25) is 5.91 Å². The number of imidazole rings is 1. The Morgan fingerprint density at radius 1 is 1.15 bits per heavy atom. The van der Waals surface area contributed by atoms with E-state index in [2.05, 4.69) is 22.0 Å². The van der Waals surface area contributed by atoms with E-state index in [1.807, 2.05) is 36.4 Å². The largest absolute Gasteiger partial charge is 0.356 e. The predicted octanol–water partition coefficient (Wildman–Crippen LogP) is 4.20. The number of para-hydroxylation sites is 2. The van der Waals surface area contributed by atoms with Gasteiger partial charge in [-0.3, -0.25) is 4.79 Å². The van der Waals surface area contributed by atoms with Gasteiger partial charge in [0.25, 0.3) is 0 Å². The fraction of sp³-hybridized carbons (Fsp3) is 0.333. The lowest BCUT2D eigenvalue weighted by Gasteiger charge is -2.11. The Hall–Kier alpha value is -2.33. The van der Waals surface area contributed by atoms with Crippen molar-refractivity contribution < 1.29 is 4.79 Å². The zero-order valence-electron chi connectivity index (χ0n) is 14.6. The summed E-state index contributed by atoms with van der Waals surface area (Å²) in [5, 5.41) is 3.80. The number of nitrogens with zero attached hydrogens (tertiary/aromatic N) is 2. The fourth-order valence-corrected chi connectivity index (χ4v) is 3.43. The molecule has 1 aliphatic rings. The number of halogens is 1. The Kier molecular flexibility index (Phi) is 4.93. The van der Waals surface area contributed by atoms with Gasteiger partial charge in [-0.05, 0) is 43.0 Å². The second kappa shape index (κ2) is 7.50. The highest BCUT2D eigenvalue weighted by Gasteiger charge is 2.29. The minimum absolute atomic E-state index is 0.203. The van der Waals surface area contributed by atoms with Crippen LogP contribution in [-0.4, -0.2) is 22.0 Å². The molecule has 0 atom stereocenters. The first-order valence-electron chi connectivity index (χ1n) is 9.17. The second-order valence-corrected chi connectivity index (χ2v) is 7.27. The van der Waals surface area contributed by atoms with E-state index in [0.717, 1.165) is 53.1 Å². The molecule has 26 heavy (non-hydrogen) atoms. The average molecular weight is 368 g/mol. The summed E-state index contributed by atoms with van der Waals surface area (Å²) in [6.07, 6.45) is 3.79. The number of carbonyl (C=O) groups excluding carboxylic acids is 1. The van der Waals surface area contributed by atoms with Gasteiger partial charge in [-0.25, -0.2) is 4.98 Å². The Bertz CT molecular complexity index is 930. The number of carbonyl (C=O) groups is 1. The lowest BCUT2D eigenvalue weighted by atomic mass is 10.2. The van der Waals surface area contributed by atoms with Crippen LogP contribution in [0.5, 0.6) is 0 Å². The van der Waals surface area contributed by atoms with Crippen molar-refractivity contribution in [1.82, 2.24) is 14.9 Å². The summed E-state index contributed by atoms with van der Waals surface area (Å²) in [7, 11) is 0. The van der Waals surface area contributed by atoms with E-state index < -0.39 is 0 Å². The summed E-state index contributed by atoms with van der Waals surface area (Å²) in [5.41, 5.74) is 3.20. The molecule has 1 aromatic heterocycles. The third kappa shape index (κ3) is 3.75. The van der Waals surface area contributed by atoms with E-state index in [0.29, 0.717) is 13.1 Å². The number of fused-ring (bicyclic) bond motifs is 1. The molecule has 1 saturated carbocycles. The van der Waals surface area contributed by atoms with Crippen molar-refractivity contribution in [3.63, 3.8) is 0 Å². The summed E-state index contributed by atoms with van der Waals surface area (Å²) in [6.45, 7) is 1.40. The molecule has 1 fully saturated rings. The van der Waals surface area contributed by atoms with Crippen molar-refractivity contribution in [3.05, 3.63) is 64.9 Å². The number of amides is 1. The van der Waals surface area contributed by atoms with Gasteiger partial charge in [0.15, 0.2) is 0 Å². The standard InChI is InChI=1S/C21H22ClN3O/c22-17-7-2-1-6-16(17)14-25-19-9-4-3-8-18(19)24-20(25)10-5-13-23-21(26)15-11-12-15/h1-4,6-9,15H,5,10-14H2,(H,23,26). The molecule has 0 bridgehead atoms. The maximum atomic E-state index is 11.8. The van der Waals surface area contributed by atoms with Crippen LogP contribution in [-0.2, 0) is 17.8 Å². The Morgan fingerprint density at radius 2 is 1.92 bits per heavy atom. The topological polar surface area (TPSA) is 46.9 Å². The minimum atomic E-state index is 0.203. The quantitative estimate of drug-likeness (QED) is 0.636. The summed E-state index contributed by atoms with van der Waals surface area (Å²) < 4.78 is 2.24. The molecule has 4 rings (SSSR count). The number of hydrogen-bond donors (Lipinski definition) is 1. The molecule has 3 aromatic rings. The molecular formula is C21H22ClN3O. The Morgan fingerprint density at radius 3 is 2.73 bits per heavy atom. The first-order chi connectivity index (χ1) is 12.7. The van der Waals surface area contributed by atoms with Crippen molar-refractivity contribution in [2.24, 2.45) is 5.92 Å². The van der Waals surface area contributed by atoms with E-state index in [9.17, 15) is 4.79 Å². The Labute approximate surface area is 158 Å². The summed E-state index contributed by atoms with van der Waals surface area (Å²) in [6, 6.07) is 16.1. The molecule has 0 aliphatic heterocycles. The van der Waals surface area contributed by atoms with Gasteiger partial charge in [-0.1, -0.05) is 41.9 Å². The van der Waals surface area contributed by atoms with Gasteiger partial charge in [0.05, 0.1) is 17.6 Å². The summed E-state index contributed by atoms with van der Waals surface area (Å²) in [5.74, 6) is 1.50. The molecule has 0 radical (unpaired) electrons. The van der Waals surface area contributed by atoms with Gasteiger partial charge < -0.3 is 9.88 Å². The normalized spacial score (nSPS) is 13.9. The van der Waals surface area contributed by atoms with E-state index in [1.165, 1.54) is 0 Å². The highest BCUT2D eigenvalue weighted by molar-refractivity contribution is 6.31. The number of benzene rings is 2. The van der Waals surface area contributed by atoms with Crippen molar-refractivity contribution in [3.8, 4) is 0 Å². The van der Waals surface area contributed by atoms with Crippen molar-refractivity contribution in [2.75, 3.05) is 6.54 Å². The van der Waals surface area contributed by atoms with Crippen LogP contribution in [0.25, 0.3) is 11.0 Å². The maximum absolute atomic E-state index is 11.8. The van der Waals surface area contributed by atoms with Crippen LogP contribution in [0.15, 0.2) is 48.5 Å². The molecule has 1 amide bonds. The molecule has 1 aliphatic carbocycles. The van der Waals surface area contributed by atoms with Crippen LogP contribution < -0.4 is 5.32 Å². The van der Waals surface area contributed by atoms with Gasteiger partial charge in [-0.2, -0.15) is 0 Å². The van der Waals surface area contributed by atoms with Crippen LogP contribution >= 0.6 is 11.6 Å². The summed E-state index contributed by atoms with van der Waals surface area (Å²) >= 11 is 6.36. The van der Waals surface area contributed by atoms with Crippen LogP contribution in [0.2, 0.25) is 5.02 Å². The monoisotopic (exact) mass is 367 g/mol. The predicted molar refractivity (Wildman–Crippen MR) is 104 cm³/mol. The molecule has 2 aromatic carbocycles. The van der Waals surface area contributed by atoms with Crippen LogP contribution in [0.4, 0.5) is 0 Å². The molecule has 5 heteroatoms. The average Bonchev–Trinajstić information content (AvgIpc) is 3.44. The van der Waals surface area contributed by atoms with E-state index >= 15 is 0 Å². The SMILES string of the molecule is O=C(NCCCc1nc2ccccc2n1Cc1ccccc1Cl)C1CC1. The smallest absolute Gasteiger partial charge is 0.223 e. The van der Waals surface area contributed by atoms with Gasteiger partial charge >= 0.3 is 0 Å². The first kappa shape index (κ1) is 17.1. The third-order valence-corrected chi connectivity index (χ3v) is 5.21. The fourth-order valence-electron chi connectivity index (χ4n) is 3.24. The zero-order chi connectivity index (χ0) is 17.9. The van der Waals surface area contributed by atoms with Gasteiger partial charge in [0, 0.05) is 23.9 Å². The van der Waals surface area contributed by atoms with Crippen LogP contribution in [0, 0.1) is 5.92 Å². The lowest BCUT2D eigenvalue weighted by Crippen LogP contribution is -2.26. The van der Waals surface area contributed by atoms with E-state index in [-0.39, 0.29) is 11.8 Å². The molecule has 0 saturated heterocycles. The maximum Gasteiger partial charge on any atom is 0.223 e. The number of nitrogens with one attached hydrogen (secondary N) is 1. The van der Waals surface area contributed by atoms with Gasteiger partial charge in [0.1, 0.15) is 5.82 Å². The second-order valence-electron chi connectivity index (χ2n) is 6.86. The van der Waals surface area contributed by atoms with Crippen molar-refractivity contribution in [1.29, 1.82) is 0 Å². The zero-order valence-corrected chi connectivity index (χ0v) is 15.4. The van der Waals surface area contributed by atoms with Crippen LogP contribution in [0.1, 0.15) is 30.7 Å². The number of aromatic nitrogens is 2. The number of rotatable bonds is 7. The molecule has 1 N–H and O–H groups in total. The molecular weight excluding hydrogens is 346 g/mol. The third-order valence-electron chi connectivity index (χ3n) is 4.84. The molecule has 1 heterocycles. The van der Waals surface area contributed by atoms with Crippen molar-refractivity contribution >= 4 is 28.5 Å². The van der Waals surface area contributed by atoms with Crippen molar-refractivity contribution in [2.45, 2.75) is 32.2 Å². The first-order valence-corrected chi connectivity index (χ1v) is 9.55. The highest BCUT2D eigenvalue weighted by atomic mass is 35.5. The molecule has 0 spiro atoms. The van der Waals surface area contributed by atoms with Gasteiger partial charge in [-0.15, -0.1) is 0 Å². The van der Waals surface area contributed by atoms with E-state index in [4.69, 9.17) is 16.6 Å². The highest BCUT2D eigenvalue weighted by Crippen LogP contribution is 2.28. The number of hydrogen-bond acceptors (Lipinski definition) is 2. The Balaban J connectivity index is 1.51. The van der Waals surface area contributed by atoms with E-state index in [1.54, 1.807) is 0 Å².